The summed E-state index contributed by atoms with van der Waals surface area (Å²) < 4.78 is 4.89. The van der Waals surface area contributed by atoms with E-state index < -0.39 is 10.8 Å². The molecular formula is C17H17N3O5. The summed E-state index contributed by atoms with van der Waals surface area (Å²) in [6.45, 7) is 0.426. The number of carbonyl (C=O) groups excluding carboxylic acids is 2. The number of carbonyl (C=O) groups is 2. The molecule has 2 aromatic carbocycles. The molecule has 0 saturated carbocycles. The zero-order chi connectivity index (χ0) is 18.2. The lowest BCUT2D eigenvalue weighted by atomic mass is 10.1. The predicted molar refractivity (Wildman–Crippen MR) is 90.8 cm³/mol. The summed E-state index contributed by atoms with van der Waals surface area (Å²) in [4.78, 5) is 34.2. The molecule has 0 bridgehead atoms. The molecule has 25 heavy (non-hydrogen) atoms. The van der Waals surface area contributed by atoms with Gasteiger partial charge in [0.15, 0.2) is 5.75 Å². The van der Waals surface area contributed by atoms with Crippen LogP contribution in [0.3, 0.4) is 0 Å². The van der Waals surface area contributed by atoms with E-state index in [4.69, 9.17) is 4.74 Å². The second kappa shape index (κ2) is 8.44. The van der Waals surface area contributed by atoms with E-state index in [1.165, 1.54) is 19.2 Å². The highest BCUT2D eigenvalue weighted by Crippen LogP contribution is 2.27. The molecule has 2 amide bonds. The highest BCUT2D eigenvalue weighted by molar-refractivity contribution is 5.95. The van der Waals surface area contributed by atoms with Crippen molar-refractivity contribution in [2.24, 2.45) is 0 Å². The van der Waals surface area contributed by atoms with Gasteiger partial charge < -0.3 is 15.4 Å². The Hall–Kier alpha value is -3.42. The summed E-state index contributed by atoms with van der Waals surface area (Å²) in [5.74, 6) is -0.633. The van der Waals surface area contributed by atoms with Crippen LogP contribution in [0.1, 0.15) is 20.7 Å². The van der Waals surface area contributed by atoms with Gasteiger partial charge >= 0.3 is 5.69 Å². The molecule has 8 nitrogen and oxygen atoms in total. The Morgan fingerprint density at radius 2 is 1.60 bits per heavy atom. The van der Waals surface area contributed by atoms with Gasteiger partial charge in [0.1, 0.15) is 0 Å². The molecule has 0 radical (unpaired) electrons. The van der Waals surface area contributed by atoms with Gasteiger partial charge in [-0.25, -0.2) is 0 Å². The van der Waals surface area contributed by atoms with Crippen LogP contribution < -0.4 is 15.4 Å². The largest absolute Gasteiger partial charge is 0.490 e. The summed E-state index contributed by atoms with van der Waals surface area (Å²) in [5.41, 5.74) is 0.383. The maximum atomic E-state index is 12.0. The van der Waals surface area contributed by atoms with E-state index in [9.17, 15) is 19.7 Å². The third-order valence-electron chi connectivity index (χ3n) is 3.37. The van der Waals surface area contributed by atoms with Crippen LogP contribution in [0, 0.1) is 10.1 Å². The summed E-state index contributed by atoms with van der Waals surface area (Å²) in [6.07, 6.45) is 0. The maximum absolute atomic E-state index is 12.0. The van der Waals surface area contributed by atoms with Gasteiger partial charge in [-0.3, -0.25) is 19.7 Å². The zero-order valence-electron chi connectivity index (χ0n) is 13.5. The lowest BCUT2D eigenvalue weighted by Crippen LogP contribution is -2.34. The Morgan fingerprint density at radius 1 is 1.00 bits per heavy atom. The fourth-order valence-corrected chi connectivity index (χ4v) is 2.12. The second-order valence-corrected chi connectivity index (χ2v) is 5.02. The fourth-order valence-electron chi connectivity index (χ4n) is 2.12. The summed E-state index contributed by atoms with van der Waals surface area (Å²) >= 11 is 0. The number of ether oxygens (including phenoxy) is 1. The molecule has 0 atom stereocenters. The lowest BCUT2D eigenvalue weighted by molar-refractivity contribution is -0.385. The number of nitro benzene ring substituents is 1. The molecule has 0 aliphatic rings. The standard InChI is InChI=1S/C17H17N3O5/c1-25-15-8-7-13(11-14(15)20(23)24)17(22)19-10-9-18-16(21)12-5-3-2-4-6-12/h2-8,11H,9-10H2,1H3,(H,18,21)(H,19,22). The van der Waals surface area contributed by atoms with Crippen molar-refractivity contribution < 1.29 is 19.2 Å². The molecule has 2 N–H and O–H groups in total. The molecule has 0 aliphatic carbocycles. The van der Waals surface area contributed by atoms with Crippen molar-refractivity contribution in [1.82, 2.24) is 10.6 Å². The minimum Gasteiger partial charge on any atom is -0.490 e. The zero-order valence-corrected chi connectivity index (χ0v) is 13.5. The molecule has 130 valence electrons. The Morgan fingerprint density at radius 3 is 2.16 bits per heavy atom. The molecule has 0 aromatic heterocycles. The topological polar surface area (TPSA) is 111 Å². The van der Waals surface area contributed by atoms with Gasteiger partial charge in [0.25, 0.3) is 11.8 Å². The van der Waals surface area contributed by atoms with E-state index in [1.807, 2.05) is 6.07 Å². The average molecular weight is 343 g/mol. The lowest BCUT2D eigenvalue weighted by Gasteiger charge is -2.08. The number of hydrogen-bond donors (Lipinski definition) is 2. The van der Waals surface area contributed by atoms with Gasteiger partial charge in [0, 0.05) is 30.3 Å². The number of methoxy groups -OCH3 is 1. The van der Waals surface area contributed by atoms with Gasteiger partial charge in [0.2, 0.25) is 0 Å². The van der Waals surface area contributed by atoms with E-state index in [2.05, 4.69) is 10.6 Å². The normalized spacial score (nSPS) is 9.96. The maximum Gasteiger partial charge on any atom is 0.311 e. The number of hydrogen-bond acceptors (Lipinski definition) is 5. The first-order valence-electron chi connectivity index (χ1n) is 7.47. The molecule has 0 aliphatic heterocycles. The first kappa shape index (κ1) is 17.9. The molecule has 0 heterocycles. The van der Waals surface area contributed by atoms with Gasteiger partial charge in [-0.1, -0.05) is 18.2 Å². The smallest absolute Gasteiger partial charge is 0.311 e. The third-order valence-corrected chi connectivity index (χ3v) is 3.37. The van der Waals surface area contributed by atoms with Crippen molar-refractivity contribution in [2.75, 3.05) is 20.2 Å². The van der Waals surface area contributed by atoms with Crippen molar-refractivity contribution in [3.63, 3.8) is 0 Å². The summed E-state index contributed by atoms with van der Waals surface area (Å²) in [6, 6.07) is 12.6. The number of nitro groups is 1. The van der Waals surface area contributed by atoms with E-state index in [0.717, 1.165) is 6.07 Å². The SMILES string of the molecule is COc1ccc(C(=O)NCCNC(=O)c2ccccc2)cc1[N+](=O)[O-]. The van der Waals surface area contributed by atoms with Gasteiger partial charge in [0.05, 0.1) is 12.0 Å². The van der Waals surface area contributed by atoms with Crippen LogP contribution in [0.4, 0.5) is 5.69 Å². The quantitative estimate of drug-likeness (QED) is 0.452. The highest BCUT2D eigenvalue weighted by atomic mass is 16.6. The van der Waals surface area contributed by atoms with Gasteiger partial charge in [-0.15, -0.1) is 0 Å². The molecule has 0 fully saturated rings. The Kier molecular flexibility index (Phi) is 6.05. The van der Waals surface area contributed by atoms with Crippen LogP contribution in [-0.2, 0) is 0 Å². The number of rotatable bonds is 7. The minimum atomic E-state index is -0.615. The molecule has 0 unspecified atom stereocenters. The minimum absolute atomic E-state index is 0.0803. The Bertz CT molecular complexity index is 777. The van der Waals surface area contributed by atoms with Crippen LogP contribution >= 0.6 is 0 Å². The van der Waals surface area contributed by atoms with Gasteiger partial charge in [-0.05, 0) is 24.3 Å². The summed E-state index contributed by atoms with van der Waals surface area (Å²) in [7, 11) is 1.32. The number of nitrogens with zero attached hydrogens (tertiary/aromatic N) is 1. The summed E-state index contributed by atoms with van der Waals surface area (Å²) in [5, 5.41) is 16.2. The van der Waals surface area contributed by atoms with Crippen molar-refractivity contribution >= 4 is 17.5 Å². The number of benzene rings is 2. The molecule has 0 spiro atoms. The third kappa shape index (κ3) is 4.77. The Balaban J connectivity index is 1.87. The van der Waals surface area contributed by atoms with E-state index in [0.29, 0.717) is 5.56 Å². The van der Waals surface area contributed by atoms with Crippen LogP contribution in [0.2, 0.25) is 0 Å². The molecule has 2 aromatic rings. The predicted octanol–water partition coefficient (Wildman–Crippen LogP) is 1.76. The molecule has 8 heteroatoms. The number of amides is 2. The fraction of sp³-hybridized carbons (Fsp3) is 0.176. The van der Waals surface area contributed by atoms with E-state index in [-0.39, 0.29) is 36.0 Å². The van der Waals surface area contributed by atoms with Crippen LogP contribution in [0.15, 0.2) is 48.5 Å². The molecular weight excluding hydrogens is 326 g/mol. The van der Waals surface area contributed by atoms with E-state index in [1.54, 1.807) is 24.3 Å². The van der Waals surface area contributed by atoms with Crippen LogP contribution in [-0.4, -0.2) is 36.9 Å². The van der Waals surface area contributed by atoms with Gasteiger partial charge in [-0.2, -0.15) is 0 Å². The highest BCUT2D eigenvalue weighted by Gasteiger charge is 2.18. The van der Waals surface area contributed by atoms with Crippen molar-refractivity contribution in [1.29, 1.82) is 0 Å². The Labute approximate surface area is 144 Å². The average Bonchev–Trinajstić information content (AvgIpc) is 2.64. The first-order valence-corrected chi connectivity index (χ1v) is 7.47. The van der Waals surface area contributed by atoms with Crippen molar-refractivity contribution in [3.8, 4) is 5.75 Å². The van der Waals surface area contributed by atoms with Crippen LogP contribution in [0.25, 0.3) is 0 Å². The first-order chi connectivity index (χ1) is 12.0. The monoisotopic (exact) mass is 343 g/mol. The van der Waals surface area contributed by atoms with Crippen molar-refractivity contribution in [3.05, 3.63) is 69.8 Å². The van der Waals surface area contributed by atoms with E-state index >= 15 is 0 Å². The second-order valence-electron chi connectivity index (χ2n) is 5.02. The molecule has 0 saturated heterocycles. The van der Waals surface area contributed by atoms with Crippen LogP contribution in [0.5, 0.6) is 5.75 Å². The van der Waals surface area contributed by atoms with Crippen molar-refractivity contribution in [2.45, 2.75) is 0 Å². The molecule has 2 rings (SSSR count). The number of nitrogens with one attached hydrogen (secondary N) is 2.